The summed E-state index contributed by atoms with van der Waals surface area (Å²) < 4.78 is 0. The average molecular weight is 233 g/mol. The first-order valence-corrected chi connectivity index (χ1v) is 6.59. The van der Waals surface area contributed by atoms with Gasteiger partial charge in [0.25, 0.3) is 0 Å². The minimum atomic E-state index is 0.538. The molecule has 1 aliphatic rings. The van der Waals surface area contributed by atoms with Gasteiger partial charge in [-0.1, -0.05) is 0 Å². The van der Waals surface area contributed by atoms with Gasteiger partial charge in [-0.3, -0.25) is 0 Å². The maximum absolute atomic E-state index is 8.89. The second-order valence-electron chi connectivity index (χ2n) is 3.94. The first-order chi connectivity index (χ1) is 7.79. The molecule has 1 fully saturated rings. The van der Waals surface area contributed by atoms with Gasteiger partial charge >= 0.3 is 0 Å². The normalized spacial score (nSPS) is 16.7. The molecule has 0 saturated carbocycles. The van der Waals surface area contributed by atoms with Crippen LogP contribution < -0.4 is 11.1 Å². The Balaban J connectivity index is 2.06. The van der Waals surface area contributed by atoms with Crippen LogP contribution in [0.5, 0.6) is 0 Å². The molecule has 0 amide bonds. The molecule has 2 rings (SSSR count). The quantitative estimate of drug-likeness (QED) is 0.770. The Hall–Kier alpha value is -1.34. The molecular formula is C12H15N3S. The fraction of sp³-hybridized carbons (Fsp3) is 0.417. The predicted octanol–water partition coefficient (Wildman–Crippen LogP) is 2.45. The molecule has 3 N–H and O–H groups in total. The van der Waals surface area contributed by atoms with Gasteiger partial charge in [0.2, 0.25) is 0 Å². The summed E-state index contributed by atoms with van der Waals surface area (Å²) >= 11 is 2.01. The maximum Gasteiger partial charge on any atom is 0.101 e. The molecule has 1 heterocycles. The smallest absolute Gasteiger partial charge is 0.101 e. The lowest BCUT2D eigenvalue weighted by molar-refractivity contribution is 0.667. The van der Waals surface area contributed by atoms with Crippen molar-refractivity contribution in [3.8, 4) is 6.07 Å². The zero-order chi connectivity index (χ0) is 11.4. The molecule has 4 heteroatoms. The third-order valence-electron chi connectivity index (χ3n) is 2.77. The van der Waals surface area contributed by atoms with E-state index >= 15 is 0 Å². The van der Waals surface area contributed by atoms with Crippen LogP contribution in [0.15, 0.2) is 18.2 Å². The van der Waals surface area contributed by atoms with Gasteiger partial charge in [0, 0.05) is 17.4 Å². The number of hydrogen-bond donors (Lipinski definition) is 2. The molecule has 0 bridgehead atoms. The molecule has 0 aromatic heterocycles. The highest BCUT2D eigenvalue weighted by Crippen LogP contribution is 2.23. The lowest BCUT2D eigenvalue weighted by Gasteiger charge is -2.23. The zero-order valence-corrected chi connectivity index (χ0v) is 9.89. The molecule has 0 atom stereocenters. The Kier molecular flexibility index (Phi) is 3.58. The summed E-state index contributed by atoms with van der Waals surface area (Å²) in [6, 6.07) is 8.21. The number of hydrogen-bond acceptors (Lipinski definition) is 4. The fourth-order valence-electron chi connectivity index (χ4n) is 1.82. The van der Waals surface area contributed by atoms with E-state index in [1.807, 2.05) is 23.9 Å². The largest absolute Gasteiger partial charge is 0.398 e. The SMILES string of the molecule is N#Cc1cc(NC2CCSCC2)ccc1N. The van der Waals surface area contributed by atoms with E-state index in [0.717, 1.165) is 5.69 Å². The number of nitrogen functional groups attached to an aromatic ring is 1. The minimum absolute atomic E-state index is 0.538. The average Bonchev–Trinajstić information content (AvgIpc) is 2.33. The molecule has 16 heavy (non-hydrogen) atoms. The monoisotopic (exact) mass is 233 g/mol. The fourth-order valence-corrected chi connectivity index (χ4v) is 2.93. The maximum atomic E-state index is 8.89. The Morgan fingerprint density at radius 1 is 1.38 bits per heavy atom. The first-order valence-electron chi connectivity index (χ1n) is 5.43. The predicted molar refractivity (Wildman–Crippen MR) is 69.5 cm³/mol. The number of anilines is 2. The van der Waals surface area contributed by atoms with Crippen molar-refractivity contribution >= 4 is 23.1 Å². The van der Waals surface area contributed by atoms with Crippen LogP contribution in [0.4, 0.5) is 11.4 Å². The second kappa shape index (κ2) is 5.13. The minimum Gasteiger partial charge on any atom is -0.398 e. The van der Waals surface area contributed by atoms with Gasteiger partial charge in [-0.15, -0.1) is 0 Å². The van der Waals surface area contributed by atoms with Crippen molar-refractivity contribution in [2.45, 2.75) is 18.9 Å². The second-order valence-corrected chi connectivity index (χ2v) is 5.17. The standard InChI is InChI=1S/C12H15N3S/c13-8-9-7-11(1-2-12(9)14)15-10-3-5-16-6-4-10/h1-2,7,10,15H,3-6,14H2. The van der Waals surface area contributed by atoms with E-state index in [4.69, 9.17) is 11.0 Å². The van der Waals surface area contributed by atoms with Crippen molar-refractivity contribution in [2.75, 3.05) is 22.6 Å². The van der Waals surface area contributed by atoms with Crippen molar-refractivity contribution < 1.29 is 0 Å². The van der Waals surface area contributed by atoms with Gasteiger partial charge in [0.1, 0.15) is 6.07 Å². The van der Waals surface area contributed by atoms with Crippen LogP contribution >= 0.6 is 11.8 Å². The van der Waals surface area contributed by atoms with E-state index in [1.165, 1.54) is 24.3 Å². The number of nitrogens with two attached hydrogens (primary N) is 1. The molecule has 1 aromatic carbocycles. The Labute approximate surface area is 100 Å². The van der Waals surface area contributed by atoms with Crippen molar-refractivity contribution in [3.63, 3.8) is 0 Å². The molecule has 0 aliphatic carbocycles. The van der Waals surface area contributed by atoms with Crippen molar-refractivity contribution in [2.24, 2.45) is 0 Å². The van der Waals surface area contributed by atoms with Crippen LogP contribution in [0, 0.1) is 11.3 Å². The number of benzene rings is 1. The van der Waals surface area contributed by atoms with Gasteiger partial charge in [-0.25, -0.2) is 0 Å². The van der Waals surface area contributed by atoms with Crippen LogP contribution in [0.1, 0.15) is 18.4 Å². The topological polar surface area (TPSA) is 61.8 Å². The molecule has 0 radical (unpaired) electrons. The Morgan fingerprint density at radius 2 is 2.12 bits per heavy atom. The van der Waals surface area contributed by atoms with Gasteiger partial charge in [-0.2, -0.15) is 17.0 Å². The van der Waals surface area contributed by atoms with Crippen LogP contribution in [-0.4, -0.2) is 17.5 Å². The van der Waals surface area contributed by atoms with E-state index < -0.39 is 0 Å². The van der Waals surface area contributed by atoms with E-state index in [0.29, 0.717) is 17.3 Å². The summed E-state index contributed by atoms with van der Waals surface area (Å²) in [5, 5.41) is 12.4. The lowest BCUT2D eigenvalue weighted by Crippen LogP contribution is -2.24. The summed E-state index contributed by atoms with van der Waals surface area (Å²) in [6.07, 6.45) is 2.38. The number of nitriles is 1. The molecule has 3 nitrogen and oxygen atoms in total. The third kappa shape index (κ3) is 2.61. The van der Waals surface area contributed by atoms with Gasteiger partial charge < -0.3 is 11.1 Å². The van der Waals surface area contributed by atoms with Crippen molar-refractivity contribution in [1.29, 1.82) is 5.26 Å². The van der Waals surface area contributed by atoms with Gasteiger partial charge in [0.15, 0.2) is 0 Å². The number of rotatable bonds is 2. The third-order valence-corrected chi connectivity index (χ3v) is 3.81. The Morgan fingerprint density at radius 3 is 2.81 bits per heavy atom. The molecule has 0 spiro atoms. The van der Waals surface area contributed by atoms with E-state index in [2.05, 4.69) is 11.4 Å². The van der Waals surface area contributed by atoms with Crippen LogP contribution in [-0.2, 0) is 0 Å². The number of nitrogens with zero attached hydrogens (tertiary/aromatic N) is 1. The summed E-state index contributed by atoms with van der Waals surface area (Å²) in [5.74, 6) is 2.44. The van der Waals surface area contributed by atoms with Crippen LogP contribution in [0.3, 0.4) is 0 Å². The highest BCUT2D eigenvalue weighted by molar-refractivity contribution is 7.99. The summed E-state index contributed by atoms with van der Waals surface area (Å²) in [6.45, 7) is 0. The van der Waals surface area contributed by atoms with Gasteiger partial charge in [-0.05, 0) is 42.5 Å². The van der Waals surface area contributed by atoms with E-state index in [1.54, 1.807) is 6.07 Å². The van der Waals surface area contributed by atoms with Crippen LogP contribution in [0.2, 0.25) is 0 Å². The molecule has 1 saturated heterocycles. The molecule has 0 unspecified atom stereocenters. The van der Waals surface area contributed by atoms with E-state index in [9.17, 15) is 0 Å². The summed E-state index contributed by atoms with van der Waals surface area (Å²) in [7, 11) is 0. The van der Waals surface area contributed by atoms with E-state index in [-0.39, 0.29) is 0 Å². The molecule has 1 aromatic rings. The lowest BCUT2D eigenvalue weighted by atomic mass is 10.1. The highest BCUT2D eigenvalue weighted by atomic mass is 32.2. The van der Waals surface area contributed by atoms with Gasteiger partial charge in [0.05, 0.1) is 5.56 Å². The molecule has 84 valence electrons. The Bertz CT molecular complexity index is 405. The number of nitrogens with one attached hydrogen (secondary N) is 1. The van der Waals surface area contributed by atoms with Crippen LogP contribution in [0.25, 0.3) is 0 Å². The summed E-state index contributed by atoms with van der Waals surface area (Å²) in [5.41, 5.74) is 7.78. The molecular weight excluding hydrogens is 218 g/mol. The zero-order valence-electron chi connectivity index (χ0n) is 9.07. The summed E-state index contributed by atoms with van der Waals surface area (Å²) in [4.78, 5) is 0. The number of thioether (sulfide) groups is 1. The molecule has 1 aliphatic heterocycles. The van der Waals surface area contributed by atoms with Crippen molar-refractivity contribution in [3.05, 3.63) is 23.8 Å². The first kappa shape index (κ1) is 11.2. The van der Waals surface area contributed by atoms with Crippen molar-refractivity contribution in [1.82, 2.24) is 0 Å². The highest BCUT2D eigenvalue weighted by Gasteiger charge is 2.13.